The van der Waals surface area contributed by atoms with Crippen LogP contribution < -0.4 is 0 Å². The summed E-state index contributed by atoms with van der Waals surface area (Å²) < 4.78 is 2.19. The lowest BCUT2D eigenvalue weighted by atomic mass is 10.2. The van der Waals surface area contributed by atoms with Crippen LogP contribution >= 0.6 is 11.3 Å². The quantitative estimate of drug-likeness (QED) is 0.852. The van der Waals surface area contributed by atoms with Gasteiger partial charge in [0.15, 0.2) is 0 Å². The van der Waals surface area contributed by atoms with Gasteiger partial charge in [-0.25, -0.2) is 4.98 Å². The molecular formula is C13H18N4S. The molecule has 0 aromatic carbocycles. The van der Waals surface area contributed by atoms with Gasteiger partial charge in [0.1, 0.15) is 0 Å². The molecule has 3 heterocycles. The molecule has 5 heteroatoms. The minimum Gasteiger partial charge on any atom is -0.295 e. The van der Waals surface area contributed by atoms with Gasteiger partial charge >= 0.3 is 0 Å². The second-order valence-corrected chi connectivity index (χ2v) is 5.75. The Morgan fingerprint density at radius 2 is 2.33 bits per heavy atom. The van der Waals surface area contributed by atoms with Crippen molar-refractivity contribution in [3.8, 4) is 0 Å². The molecule has 0 unspecified atom stereocenters. The zero-order valence-electron chi connectivity index (χ0n) is 10.8. The third kappa shape index (κ3) is 2.33. The molecule has 1 aliphatic rings. The number of aromatic nitrogens is 3. The van der Waals surface area contributed by atoms with Crippen molar-refractivity contribution < 1.29 is 0 Å². The molecule has 0 aliphatic carbocycles. The Morgan fingerprint density at radius 3 is 3.00 bits per heavy atom. The number of hydrogen-bond donors (Lipinski definition) is 0. The summed E-state index contributed by atoms with van der Waals surface area (Å²) in [5.74, 6) is 0. The molecule has 1 atom stereocenters. The van der Waals surface area contributed by atoms with Gasteiger partial charge in [0, 0.05) is 30.7 Å². The molecule has 96 valence electrons. The molecule has 18 heavy (non-hydrogen) atoms. The molecule has 3 rings (SSSR count). The minimum absolute atomic E-state index is 0.525. The predicted molar refractivity (Wildman–Crippen MR) is 72.7 cm³/mol. The van der Waals surface area contributed by atoms with Crippen molar-refractivity contribution in [2.45, 2.75) is 32.9 Å². The minimum atomic E-state index is 0.525. The molecule has 1 saturated heterocycles. The molecule has 0 amide bonds. The van der Waals surface area contributed by atoms with Crippen molar-refractivity contribution in [1.82, 2.24) is 19.7 Å². The van der Waals surface area contributed by atoms with Crippen LogP contribution in [0.4, 0.5) is 0 Å². The molecule has 0 spiro atoms. The van der Waals surface area contributed by atoms with Crippen molar-refractivity contribution in [2.24, 2.45) is 0 Å². The first-order valence-corrected chi connectivity index (χ1v) is 7.29. The number of likely N-dealkylation sites (tertiary alicyclic amines) is 1. The van der Waals surface area contributed by atoms with E-state index >= 15 is 0 Å². The molecule has 2 aromatic rings. The Kier molecular flexibility index (Phi) is 3.18. The van der Waals surface area contributed by atoms with E-state index in [-0.39, 0.29) is 0 Å². The molecule has 4 nitrogen and oxygen atoms in total. The van der Waals surface area contributed by atoms with Gasteiger partial charge in [-0.15, -0.1) is 11.3 Å². The zero-order valence-corrected chi connectivity index (χ0v) is 11.7. The highest BCUT2D eigenvalue weighted by Crippen LogP contribution is 2.24. The van der Waals surface area contributed by atoms with Gasteiger partial charge < -0.3 is 0 Å². The normalized spacial score (nSPS) is 20.7. The molecular weight excluding hydrogens is 244 g/mol. The number of aryl methyl sites for hydroxylation is 2. The van der Waals surface area contributed by atoms with Crippen molar-refractivity contribution in [3.63, 3.8) is 0 Å². The van der Waals surface area contributed by atoms with Gasteiger partial charge in [-0.3, -0.25) is 9.58 Å². The number of nitrogens with zero attached hydrogens (tertiary/aromatic N) is 4. The SMILES string of the molecule is Cc1cc(C)n([C@@H]2CCN(Cc3cscn3)C2)n1. The van der Waals surface area contributed by atoms with Crippen molar-refractivity contribution >= 4 is 11.3 Å². The van der Waals surface area contributed by atoms with E-state index in [1.54, 1.807) is 11.3 Å². The third-order valence-electron chi connectivity index (χ3n) is 3.51. The number of hydrogen-bond acceptors (Lipinski definition) is 4. The molecule has 1 aliphatic heterocycles. The lowest BCUT2D eigenvalue weighted by Gasteiger charge is -2.15. The summed E-state index contributed by atoms with van der Waals surface area (Å²) in [7, 11) is 0. The molecule has 0 N–H and O–H groups in total. The summed E-state index contributed by atoms with van der Waals surface area (Å²) in [6.45, 7) is 7.40. The van der Waals surface area contributed by atoms with E-state index in [1.807, 2.05) is 5.51 Å². The van der Waals surface area contributed by atoms with Crippen molar-refractivity contribution in [3.05, 3.63) is 34.0 Å². The van der Waals surface area contributed by atoms with E-state index in [0.717, 1.165) is 25.3 Å². The second kappa shape index (κ2) is 4.82. The van der Waals surface area contributed by atoms with Crippen molar-refractivity contribution in [2.75, 3.05) is 13.1 Å². The maximum atomic E-state index is 4.60. The van der Waals surface area contributed by atoms with E-state index in [4.69, 9.17) is 0 Å². The van der Waals surface area contributed by atoms with Gasteiger partial charge in [-0.1, -0.05) is 0 Å². The topological polar surface area (TPSA) is 34.0 Å². The van der Waals surface area contributed by atoms with Crippen molar-refractivity contribution in [1.29, 1.82) is 0 Å². The highest BCUT2D eigenvalue weighted by molar-refractivity contribution is 7.07. The van der Waals surface area contributed by atoms with E-state index in [2.05, 4.69) is 45.0 Å². The van der Waals surface area contributed by atoms with Crippen LogP contribution in [-0.2, 0) is 6.54 Å². The molecule has 0 radical (unpaired) electrons. The molecule has 2 aromatic heterocycles. The fourth-order valence-electron chi connectivity index (χ4n) is 2.72. The van der Waals surface area contributed by atoms with Crippen LogP contribution in [0.5, 0.6) is 0 Å². The van der Waals surface area contributed by atoms with Crippen LogP contribution in [0.15, 0.2) is 17.0 Å². The Bertz CT molecular complexity index is 517. The monoisotopic (exact) mass is 262 g/mol. The standard InChI is InChI=1S/C13H18N4S/c1-10-5-11(2)17(15-10)13-3-4-16(7-13)6-12-8-18-9-14-12/h5,8-9,13H,3-4,6-7H2,1-2H3/t13-/m1/s1. The van der Waals surface area contributed by atoms with Gasteiger partial charge in [0.2, 0.25) is 0 Å². The summed E-state index contributed by atoms with van der Waals surface area (Å²) in [5, 5.41) is 6.74. The highest BCUT2D eigenvalue weighted by Gasteiger charge is 2.25. The Morgan fingerprint density at radius 1 is 1.44 bits per heavy atom. The fraction of sp³-hybridized carbons (Fsp3) is 0.538. The van der Waals surface area contributed by atoms with E-state index in [1.165, 1.54) is 17.8 Å². The van der Waals surface area contributed by atoms with Crippen LogP contribution in [0.3, 0.4) is 0 Å². The van der Waals surface area contributed by atoms with Crippen LogP contribution in [-0.4, -0.2) is 32.8 Å². The lowest BCUT2D eigenvalue weighted by Crippen LogP contribution is -2.22. The first-order chi connectivity index (χ1) is 8.72. The number of thiazole rings is 1. The lowest BCUT2D eigenvalue weighted by molar-refractivity contribution is 0.307. The second-order valence-electron chi connectivity index (χ2n) is 5.03. The third-order valence-corrected chi connectivity index (χ3v) is 4.14. The highest BCUT2D eigenvalue weighted by atomic mass is 32.1. The average molecular weight is 262 g/mol. The van der Waals surface area contributed by atoms with E-state index in [9.17, 15) is 0 Å². The maximum Gasteiger partial charge on any atom is 0.0795 e. The summed E-state index contributed by atoms with van der Waals surface area (Å²) >= 11 is 1.67. The summed E-state index contributed by atoms with van der Waals surface area (Å²) in [6, 6.07) is 2.68. The fourth-order valence-corrected chi connectivity index (χ4v) is 3.27. The largest absolute Gasteiger partial charge is 0.295 e. The van der Waals surface area contributed by atoms with E-state index < -0.39 is 0 Å². The zero-order chi connectivity index (χ0) is 12.5. The van der Waals surface area contributed by atoms with Gasteiger partial charge in [-0.2, -0.15) is 5.10 Å². The predicted octanol–water partition coefficient (Wildman–Crippen LogP) is 2.40. The summed E-state index contributed by atoms with van der Waals surface area (Å²) in [5.41, 5.74) is 5.48. The Hall–Kier alpha value is -1.20. The summed E-state index contributed by atoms with van der Waals surface area (Å²) in [6.07, 6.45) is 1.19. The van der Waals surface area contributed by atoms with Crippen LogP contribution in [0.2, 0.25) is 0 Å². The smallest absolute Gasteiger partial charge is 0.0795 e. The molecule has 1 fully saturated rings. The van der Waals surface area contributed by atoms with Gasteiger partial charge in [0.25, 0.3) is 0 Å². The Labute approximate surface area is 111 Å². The van der Waals surface area contributed by atoms with Crippen LogP contribution in [0.1, 0.15) is 29.5 Å². The molecule has 0 bridgehead atoms. The average Bonchev–Trinajstić information content (AvgIpc) is 3.01. The Balaban J connectivity index is 1.66. The van der Waals surface area contributed by atoms with Crippen LogP contribution in [0, 0.1) is 13.8 Å². The van der Waals surface area contributed by atoms with Gasteiger partial charge in [0.05, 0.1) is 22.9 Å². The van der Waals surface area contributed by atoms with Crippen LogP contribution in [0.25, 0.3) is 0 Å². The van der Waals surface area contributed by atoms with Gasteiger partial charge in [-0.05, 0) is 26.3 Å². The number of rotatable bonds is 3. The first kappa shape index (κ1) is 11.9. The first-order valence-electron chi connectivity index (χ1n) is 6.34. The maximum absolute atomic E-state index is 4.60. The summed E-state index contributed by atoms with van der Waals surface area (Å²) in [4.78, 5) is 6.82. The van der Waals surface area contributed by atoms with E-state index in [0.29, 0.717) is 6.04 Å². The molecule has 0 saturated carbocycles.